The third kappa shape index (κ3) is 3.30. The predicted octanol–water partition coefficient (Wildman–Crippen LogP) is 2.05. The van der Waals surface area contributed by atoms with Crippen molar-refractivity contribution >= 4 is 21.1 Å². The van der Waals surface area contributed by atoms with Crippen LogP contribution in [0.3, 0.4) is 0 Å². The number of aromatic nitrogens is 6. The molecule has 0 atom stereocenters. The third-order valence-electron chi connectivity index (χ3n) is 5.18. The molecule has 3 aromatic heterocycles. The van der Waals surface area contributed by atoms with E-state index in [2.05, 4.69) is 25.5 Å². The lowest BCUT2D eigenvalue weighted by atomic mass is 10.0. The van der Waals surface area contributed by atoms with Crippen LogP contribution in [-0.2, 0) is 16.6 Å². The normalized spacial score (nSPS) is 15.3. The summed E-state index contributed by atoms with van der Waals surface area (Å²) in [5.74, 6) is 0. The molecule has 0 unspecified atom stereocenters. The lowest BCUT2D eigenvalue weighted by molar-refractivity contribution is 0.477. The Balaban J connectivity index is 1.48. The lowest BCUT2D eigenvalue weighted by Crippen LogP contribution is -2.27. The van der Waals surface area contributed by atoms with Crippen molar-refractivity contribution in [1.29, 1.82) is 0 Å². The number of nitrogens with zero attached hydrogens (tertiary/aromatic N) is 6. The highest BCUT2D eigenvalue weighted by molar-refractivity contribution is 7.89. The van der Waals surface area contributed by atoms with Crippen LogP contribution in [0.5, 0.6) is 0 Å². The summed E-state index contributed by atoms with van der Waals surface area (Å²) in [6, 6.07) is 11.0. The van der Waals surface area contributed by atoms with Gasteiger partial charge in [-0.2, -0.15) is 4.31 Å². The number of benzene rings is 1. The van der Waals surface area contributed by atoms with Crippen LogP contribution < -0.4 is 0 Å². The summed E-state index contributed by atoms with van der Waals surface area (Å²) in [7, 11) is -3.41. The quantitative estimate of drug-likeness (QED) is 0.540. The van der Waals surface area contributed by atoms with Gasteiger partial charge in [0.15, 0.2) is 0 Å². The summed E-state index contributed by atoms with van der Waals surface area (Å²) in [5, 5.41) is 12.1. The zero-order valence-corrected chi connectivity index (χ0v) is 16.4. The molecule has 1 saturated heterocycles. The van der Waals surface area contributed by atoms with Gasteiger partial charge >= 0.3 is 0 Å². The smallest absolute Gasteiger partial charge is 0.243 e. The Hall–Kier alpha value is -3.11. The van der Waals surface area contributed by atoms with Gasteiger partial charge in [0.1, 0.15) is 12.0 Å². The van der Waals surface area contributed by atoms with Crippen LogP contribution in [0.2, 0.25) is 0 Å². The Kier molecular flexibility index (Phi) is 4.36. The van der Waals surface area contributed by atoms with Crippen LogP contribution in [0.15, 0.2) is 53.8 Å². The molecule has 0 saturated carbocycles. The molecule has 0 spiro atoms. The minimum Gasteiger partial charge on any atom is -0.342 e. The van der Waals surface area contributed by atoms with Crippen LogP contribution in [0.25, 0.3) is 22.2 Å². The highest BCUT2D eigenvalue weighted by atomic mass is 32.2. The largest absolute Gasteiger partial charge is 0.342 e. The topological polar surface area (TPSA) is 110 Å². The number of aromatic amines is 1. The second-order valence-corrected chi connectivity index (χ2v) is 9.00. The Labute approximate surface area is 167 Å². The van der Waals surface area contributed by atoms with E-state index in [9.17, 15) is 8.42 Å². The highest BCUT2D eigenvalue weighted by Gasteiger charge is 2.27. The SMILES string of the molecule is O=S(=O)(c1ccc(-c2ccnc3[nH]c(Cn4cnnn4)cc23)cc1)N1CCCC1. The van der Waals surface area contributed by atoms with Gasteiger partial charge in [0, 0.05) is 30.4 Å². The number of pyridine rings is 1. The van der Waals surface area contributed by atoms with Gasteiger partial charge in [-0.05, 0) is 58.7 Å². The molecule has 148 valence electrons. The fourth-order valence-corrected chi connectivity index (χ4v) is 5.25. The second kappa shape index (κ2) is 7.05. The molecule has 0 amide bonds. The van der Waals surface area contributed by atoms with E-state index in [0.29, 0.717) is 24.5 Å². The van der Waals surface area contributed by atoms with E-state index in [0.717, 1.165) is 40.7 Å². The molecule has 1 aliphatic heterocycles. The number of hydrogen-bond donors (Lipinski definition) is 1. The molecule has 1 N–H and O–H groups in total. The Morgan fingerprint density at radius 1 is 1.07 bits per heavy atom. The third-order valence-corrected chi connectivity index (χ3v) is 7.09. The standard InChI is InChI=1S/C19H19N7O2S/c27-29(28,26-9-1-2-10-26)16-5-3-14(4-6-16)17-7-8-20-19-18(17)11-15(22-19)12-25-13-21-23-24-25/h3-8,11,13H,1-2,9-10,12H2,(H,20,22). The zero-order chi connectivity index (χ0) is 19.8. The first-order valence-corrected chi connectivity index (χ1v) is 10.8. The van der Waals surface area contributed by atoms with Crippen molar-refractivity contribution in [3.63, 3.8) is 0 Å². The minimum absolute atomic E-state index is 0.335. The first-order chi connectivity index (χ1) is 14.1. The van der Waals surface area contributed by atoms with E-state index in [1.54, 1.807) is 33.6 Å². The van der Waals surface area contributed by atoms with Crippen molar-refractivity contribution in [3.8, 4) is 11.1 Å². The molecule has 1 aliphatic rings. The maximum absolute atomic E-state index is 12.7. The minimum atomic E-state index is -3.41. The van der Waals surface area contributed by atoms with E-state index >= 15 is 0 Å². The second-order valence-electron chi connectivity index (χ2n) is 7.06. The molecular formula is C19H19N7O2S. The molecule has 0 bridgehead atoms. The summed E-state index contributed by atoms with van der Waals surface area (Å²) in [6.07, 6.45) is 5.14. The van der Waals surface area contributed by atoms with Crippen LogP contribution in [-0.4, -0.2) is 56.0 Å². The van der Waals surface area contributed by atoms with E-state index in [1.165, 1.54) is 0 Å². The highest BCUT2D eigenvalue weighted by Crippen LogP contribution is 2.30. The van der Waals surface area contributed by atoms with E-state index in [-0.39, 0.29) is 0 Å². The van der Waals surface area contributed by atoms with Crippen LogP contribution in [0.4, 0.5) is 0 Å². The number of H-pyrrole nitrogens is 1. The first kappa shape index (κ1) is 18.0. The molecule has 5 rings (SSSR count). The Morgan fingerprint density at radius 3 is 2.59 bits per heavy atom. The maximum Gasteiger partial charge on any atom is 0.243 e. The van der Waals surface area contributed by atoms with E-state index in [4.69, 9.17) is 0 Å². The van der Waals surface area contributed by atoms with Crippen molar-refractivity contribution in [2.45, 2.75) is 24.3 Å². The number of rotatable bonds is 5. The summed E-state index contributed by atoms with van der Waals surface area (Å²) >= 11 is 0. The van der Waals surface area contributed by atoms with Crippen LogP contribution >= 0.6 is 0 Å². The first-order valence-electron chi connectivity index (χ1n) is 9.39. The van der Waals surface area contributed by atoms with Crippen molar-refractivity contribution in [3.05, 3.63) is 54.6 Å². The van der Waals surface area contributed by atoms with Gasteiger partial charge in [-0.1, -0.05) is 12.1 Å². The lowest BCUT2D eigenvalue weighted by Gasteiger charge is -2.15. The van der Waals surface area contributed by atoms with Crippen LogP contribution in [0, 0.1) is 0 Å². The van der Waals surface area contributed by atoms with Crippen molar-refractivity contribution in [2.75, 3.05) is 13.1 Å². The molecule has 0 radical (unpaired) electrons. The predicted molar refractivity (Wildman–Crippen MR) is 106 cm³/mol. The van der Waals surface area contributed by atoms with Gasteiger partial charge in [-0.15, -0.1) is 5.10 Å². The molecule has 0 aliphatic carbocycles. The van der Waals surface area contributed by atoms with Gasteiger partial charge < -0.3 is 4.98 Å². The average Bonchev–Trinajstić information content (AvgIpc) is 3.49. The van der Waals surface area contributed by atoms with E-state index in [1.807, 2.05) is 24.3 Å². The average molecular weight is 409 g/mol. The molecule has 1 fully saturated rings. The van der Waals surface area contributed by atoms with Gasteiger partial charge in [-0.3, -0.25) is 0 Å². The van der Waals surface area contributed by atoms with Gasteiger partial charge in [0.05, 0.1) is 11.4 Å². The van der Waals surface area contributed by atoms with Gasteiger partial charge in [0.25, 0.3) is 0 Å². The van der Waals surface area contributed by atoms with Gasteiger partial charge in [0.2, 0.25) is 10.0 Å². The fraction of sp³-hybridized carbons (Fsp3) is 0.263. The molecule has 1 aromatic carbocycles. The van der Waals surface area contributed by atoms with E-state index < -0.39 is 10.0 Å². The molecule has 4 heterocycles. The summed E-state index contributed by atoms with van der Waals surface area (Å²) in [6.45, 7) is 1.71. The number of nitrogens with one attached hydrogen (secondary N) is 1. The maximum atomic E-state index is 12.7. The molecule has 29 heavy (non-hydrogen) atoms. The molecule has 9 nitrogen and oxygen atoms in total. The van der Waals surface area contributed by atoms with Crippen LogP contribution in [0.1, 0.15) is 18.5 Å². The van der Waals surface area contributed by atoms with Crippen molar-refractivity contribution in [1.82, 2.24) is 34.5 Å². The number of hydrogen-bond acceptors (Lipinski definition) is 6. The number of fused-ring (bicyclic) bond motifs is 1. The summed E-state index contributed by atoms with van der Waals surface area (Å²) < 4.78 is 28.7. The monoisotopic (exact) mass is 409 g/mol. The summed E-state index contributed by atoms with van der Waals surface area (Å²) in [5.41, 5.74) is 3.62. The molecule has 4 aromatic rings. The van der Waals surface area contributed by atoms with Gasteiger partial charge in [-0.25, -0.2) is 18.1 Å². The van der Waals surface area contributed by atoms with Crippen molar-refractivity contribution < 1.29 is 8.42 Å². The molecule has 10 heteroatoms. The Morgan fingerprint density at radius 2 is 1.86 bits per heavy atom. The zero-order valence-electron chi connectivity index (χ0n) is 15.6. The summed E-state index contributed by atoms with van der Waals surface area (Å²) in [4.78, 5) is 8.03. The molecular weight excluding hydrogens is 390 g/mol. The van der Waals surface area contributed by atoms with Crippen molar-refractivity contribution in [2.24, 2.45) is 0 Å². The number of sulfonamides is 1. The Bertz CT molecular complexity index is 1240. The fourth-order valence-electron chi connectivity index (χ4n) is 3.73. The number of tetrazole rings is 1.